The lowest BCUT2D eigenvalue weighted by Gasteiger charge is -2.53. The van der Waals surface area contributed by atoms with E-state index in [1.54, 1.807) is 15.6 Å². The van der Waals surface area contributed by atoms with E-state index in [0.717, 1.165) is 36.8 Å². The number of pyridine rings is 1. The second-order valence-electron chi connectivity index (χ2n) is 9.97. The number of nitrogens with zero attached hydrogens (tertiary/aromatic N) is 3. The molecule has 2 atom stereocenters. The van der Waals surface area contributed by atoms with Gasteiger partial charge in [-0.05, 0) is 54.9 Å². The van der Waals surface area contributed by atoms with Gasteiger partial charge in [0.25, 0.3) is 5.91 Å². The zero-order valence-electron chi connectivity index (χ0n) is 18.9. The fraction of sp³-hybridized carbons (Fsp3) is 0.333. The van der Waals surface area contributed by atoms with E-state index in [0.29, 0.717) is 24.1 Å². The topological polar surface area (TPSA) is 65.8 Å². The highest BCUT2D eigenvalue weighted by Crippen LogP contribution is 2.61. The number of piperidine rings is 1. The highest BCUT2D eigenvalue weighted by atomic mass is 19.2. The van der Waals surface area contributed by atoms with Crippen LogP contribution in [-0.2, 0) is 5.41 Å². The van der Waals surface area contributed by atoms with Crippen LogP contribution >= 0.6 is 0 Å². The Morgan fingerprint density at radius 1 is 0.971 bits per heavy atom. The normalized spacial score (nSPS) is 23.4. The SMILES string of the molecule is O=C1c2c(O)c(=O)ccn2N([C@@H]2c3ccccc3C3(CC3)c3c2ccc(F)c3F)[C@@H]2CCCCN12. The average Bonchev–Trinajstić information content (AvgIpc) is 3.66. The number of rotatable bonds is 1. The minimum absolute atomic E-state index is 0.0935. The van der Waals surface area contributed by atoms with E-state index in [4.69, 9.17) is 0 Å². The number of halogens is 2. The summed E-state index contributed by atoms with van der Waals surface area (Å²) in [5, 5.41) is 12.6. The predicted molar refractivity (Wildman–Crippen MR) is 124 cm³/mol. The van der Waals surface area contributed by atoms with Gasteiger partial charge in [0.15, 0.2) is 23.1 Å². The van der Waals surface area contributed by atoms with Gasteiger partial charge in [0, 0.05) is 29.8 Å². The van der Waals surface area contributed by atoms with E-state index in [9.17, 15) is 19.1 Å². The van der Waals surface area contributed by atoms with E-state index in [1.807, 2.05) is 29.3 Å². The quantitative estimate of drug-likeness (QED) is 0.580. The van der Waals surface area contributed by atoms with Gasteiger partial charge in [-0.3, -0.25) is 19.3 Å². The third-order valence-corrected chi connectivity index (χ3v) is 8.23. The summed E-state index contributed by atoms with van der Waals surface area (Å²) in [6.45, 7) is 0.492. The van der Waals surface area contributed by atoms with Crippen LogP contribution in [0.4, 0.5) is 8.78 Å². The fourth-order valence-electron chi connectivity index (χ4n) is 6.59. The largest absolute Gasteiger partial charge is 0.502 e. The first-order valence-corrected chi connectivity index (χ1v) is 12.1. The van der Waals surface area contributed by atoms with Crippen LogP contribution in [0.15, 0.2) is 53.5 Å². The molecule has 4 aliphatic rings. The summed E-state index contributed by atoms with van der Waals surface area (Å²) in [5.74, 6) is -2.69. The molecule has 0 unspecified atom stereocenters. The van der Waals surface area contributed by atoms with Crippen LogP contribution in [0.25, 0.3) is 0 Å². The van der Waals surface area contributed by atoms with Crippen LogP contribution in [-0.4, -0.2) is 33.3 Å². The summed E-state index contributed by atoms with van der Waals surface area (Å²) in [4.78, 5) is 27.4. The molecule has 1 saturated carbocycles. The van der Waals surface area contributed by atoms with Crippen molar-refractivity contribution in [2.24, 2.45) is 0 Å². The summed E-state index contributed by atoms with van der Waals surface area (Å²) in [7, 11) is 0. The second-order valence-corrected chi connectivity index (χ2v) is 9.97. The zero-order chi connectivity index (χ0) is 24.1. The van der Waals surface area contributed by atoms with Crippen molar-refractivity contribution in [2.75, 3.05) is 11.6 Å². The third-order valence-electron chi connectivity index (χ3n) is 8.23. The number of carbonyl (C=O) groups is 1. The molecule has 7 rings (SSSR count). The van der Waals surface area contributed by atoms with E-state index >= 15 is 4.39 Å². The average molecular weight is 475 g/mol. The standard InChI is InChI=1S/C27H23F2N3O3/c28-18-9-8-16-21(22(18)29)27(11-12-27)17-6-2-1-5-15(17)23(16)32-20-7-3-4-13-30(20)26(35)24-25(34)19(33)10-14-31(24)32/h1-2,5-6,8-10,14,20,23,34H,3-4,7,11-13H2/t20-,23-/m1/s1. The molecule has 8 heteroatoms. The minimum atomic E-state index is -0.872. The third kappa shape index (κ3) is 2.57. The molecule has 2 aromatic carbocycles. The molecule has 2 fully saturated rings. The van der Waals surface area contributed by atoms with Crippen molar-refractivity contribution in [1.82, 2.24) is 9.58 Å². The lowest BCUT2D eigenvalue weighted by Crippen LogP contribution is -2.64. The van der Waals surface area contributed by atoms with Crippen molar-refractivity contribution < 1.29 is 18.7 Å². The van der Waals surface area contributed by atoms with Crippen LogP contribution in [0.2, 0.25) is 0 Å². The molecule has 3 heterocycles. The van der Waals surface area contributed by atoms with Gasteiger partial charge in [-0.1, -0.05) is 30.3 Å². The van der Waals surface area contributed by atoms with Crippen molar-refractivity contribution in [1.29, 1.82) is 0 Å². The van der Waals surface area contributed by atoms with Gasteiger partial charge in [-0.25, -0.2) is 8.78 Å². The molecular weight excluding hydrogens is 452 g/mol. The maximum absolute atomic E-state index is 15.5. The molecule has 1 amide bonds. The van der Waals surface area contributed by atoms with Crippen molar-refractivity contribution in [3.63, 3.8) is 0 Å². The number of fused-ring (bicyclic) bond motifs is 6. The molecule has 35 heavy (non-hydrogen) atoms. The predicted octanol–water partition coefficient (Wildman–Crippen LogP) is 3.92. The minimum Gasteiger partial charge on any atom is -0.502 e. The van der Waals surface area contributed by atoms with Crippen LogP contribution in [0.1, 0.15) is 70.9 Å². The Bertz CT molecular complexity index is 1480. The molecule has 0 bridgehead atoms. The molecule has 178 valence electrons. The van der Waals surface area contributed by atoms with Gasteiger partial charge >= 0.3 is 0 Å². The molecule has 1 N–H and O–H groups in total. The summed E-state index contributed by atoms with van der Waals surface area (Å²) < 4.78 is 31.6. The molecule has 0 radical (unpaired) electrons. The van der Waals surface area contributed by atoms with Crippen LogP contribution in [0.5, 0.6) is 5.75 Å². The zero-order valence-corrected chi connectivity index (χ0v) is 18.9. The summed E-state index contributed by atoms with van der Waals surface area (Å²) in [6, 6.07) is 11.4. The van der Waals surface area contributed by atoms with Crippen molar-refractivity contribution >= 4 is 5.91 Å². The van der Waals surface area contributed by atoms with Gasteiger partial charge in [0.2, 0.25) is 5.43 Å². The fourth-order valence-corrected chi connectivity index (χ4v) is 6.59. The summed E-state index contributed by atoms with van der Waals surface area (Å²) in [5.41, 5.74) is 1.69. The lowest BCUT2D eigenvalue weighted by atomic mass is 9.72. The van der Waals surface area contributed by atoms with E-state index < -0.39 is 40.2 Å². The molecule has 1 aromatic heterocycles. The molecular formula is C27H23F2N3O3. The van der Waals surface area contributed by atoms with Crippen LogP contribution in [0, 0.1) is 11.6 Å². The second kappa shape index (κ2) is 6.93. The first-order chi connectivity index (χ1) is 16.9. The molecule has 1 spiro atoms. The van der Waals surface area contributed by atoms with Gasteiger partial charge in [0.1, 0.15) is 6.17 Å². The first kappa shape index (κ1) is 20.7. The Morgan fingerprint density at radius 3 is 2.57 bits per heavy atom. The number of carbonyl (C=O) groups excluding carboxylic acids is 1. The van der Waals surface area contributed by atoms with Crippen molar-refractivity contribution in [3.05, 3.63) is 98.5 Å². The smallest absolute Gasteiger partial charge is 0.278 e. The Kier molecular flexibility index (Phi) is 4.09. The molecule has 2 aliphatic heterocycles. The van der Waals surface area contributed by atoms with Gasteiger partial charge in [0.05, 0.1) is 6.04 Å². The van der Waals surface area contributed by atoms with Gasteiger partial charge < -0.3 is 10.0 Å². The molecule has 1 saturated heterocycles. The number of benzene rings is 2. The number of hydrogen-bond donors (Lipinski definition) is 1. The Labute approximate surface area is 200 Å². The highest BCUT2D eigenvalue weighted by molar-refractivity contribution is 5.96. The van der Waals surface area contributed by atoms with E-state index in [2.05, 4.69) is 0 Å². The van der Waals surface area contributed by atoms with Crippen molar-refractivity contribution in [3.8, 4) is 5.75 Å². The van der Waals surface area contributed by atoms with Gasteiger partial charge in [-0.15, -0.1) is 0 Å². The monoisotopic (exact) mass is 475 g/mol. The van der Waals surface area contributed by atoms with Gasteiger partial charge in [-0.2, -0.15) is 0 Å². The van der Waals surface area contributed by atoms with Crippen LogP contribution < -0.4 is 10.4 Å². The molecule has 2 aliphatic carbocycles. The number of hydrogen-bond acceptors (Lipinski definition) is 4. The van der Waals surface area contributed by atoms with Crippen molar-refractivity contribution in [2.45, 2.75) is 49.7 Å². The highest BCUT2D eigenvalue weighted by Gasteiger charge is 2.56. The summed E-state index contributed by atoms with van der Waals surface area (Å²) >= 11 is 0. The number of amides is 1. The Hall–Kier alpha value is -3.68. The lowest BCUT2D eigenvalue weighted by molar-refractivity contribution is 0.0461. The Balaban J connectivity index is 1.55. The van der Waals surface area contributed by atoms with Crippen LogP contribution in [0.3, 0.4) is 0 Å². The van der Waals surface area contributed by atoms with E-state index in [-0.39, 0.29) is 11.9 Å². The van der Waals surface area contributed by atoms with E-state index in [1.165, 1.54) is 18.3 Å². The number of aromatic hydroxyl groups is 1. The Morgan fingerprint density at radius 2 is 1.77 bits per heavy atom. The molecule has 3 aromatic rings. The maximum Gasteiger partial charge on any atom is 0.278 e. The maximum atomic E-state index is 15.5. The number of aromatic nitrogens is 1. The first-order valence-electron chi connectivity index (χ1n) is 12.1. The molecule has 6 nitrogen and oxygen atoms in total. The summed E-state index contributed by atoms with van der Waals surface area (Å²) in [6.07, 6.45) is 5.01.